The lowest BCUT2D eigenvalue weighted by Gasteiger charge is -2.50. The predicted octanol–water partition coefficient (Wildman–Crippen LogP) is 5.69. The fourth-order valence-electron chi connectivity index (χ4n) is 6.34. The van der Waals surface area contributed by atoms with Crippen molar-refractivity contribution in [2.24, 2.45) is 5.41 Å². The van der Waals surface area contributed by atoms with Crippen LogP contribution >= 0.6 is 0 Å². The van der Waals surface area contributed by atoms with E-state index >= 15 is 4.39 Å². The van der Waals surface area contributed by atoms with Gasteiger partial charge in [-0.1, -0.05) is 44.2 Å². The van der Waals surface area contributed by atoms with Gasteiger partial charge in [-0.3, -0.25) is 24.8 Å². The zero-order valence-corrected chi connectivity index (χ0v) is 24.0. The molecule has 0 radical (unpaired) electrons. The zero-order chi connectivity index (χ0) is 31.4. The number of piperidine rings is 2. The fraction of sp³-hybridized carbons (Fsp3) is 0.375. The normalized spacial score (nSPS) is 22.8. The highest BCUT2D eigenvalue weighted by atomic mass is 19.4. The Labute approximate surface area is 250 Å². The van der Waals surface area contributed by atoms with E-state index in [0.29, 0.717) is 42.7 Å². The van der Waals surface area contributed by atoms with E-state index in [-0.39, 0.29) is 35.4 Å². The number of hydrogen-bond acceptors (Lipinski definition) is 7. The van der Waals surface area contributed by atoms with Crippen LogP contribution in [-0.2, 0) is 27.9 Å². The number of pyridine rings is 1. The van der Waals surface area contributed by atoms with Gasteiger partial charge in [0.1, 0.15) is 17.8 Å². The first-order valence-electron chi connectivity index (χ1n) is 14.2. The molecule has 2 amide bonds. The molecule has 2 aromatic carbocycles. The summed E-state index contributed by atoms with van der Waals surface area (Å²) in [5, 5.41) is 14.5. The van der Waals surface area contributed by atoms with Crippen molar-refractivity contribution in [3.05, 3.63) is 83.3 Å². The Hall–Kier alpha value is -4.16. The number of aliphatic hydroxyl groups is 1. The molecule has 2 aliphatic rings. The van der Waals surface area contributed by atoms with E-state index in [1.165, 1.54) is 6.20 Å². The number of oxazole rings is 1. The summed E-state index contributed by atoms with van der Waals surface area (Å²) in [7, 11) is 0. The van der Waals surface area contributed by atoms with Crippen molar-refractivity contribution >= 4 is 22.7 Å². The van der Waals surface area contributed by atoms with Crippen LogP contribution in [0.1, 0.15) is 61.6 Å². The molecule has 0 aliphatic carbocycles. The summed E-state index contributed by atoms with van der Waals surface area (Å²) in [6.45, 7) is 5.19. The molecule has 2 saturated heterocycles. The summed E-state index contributed by atoms with van der Waals surface area (Å²) in [6.07, 6.45) is -1.41. The quantitative estimate of drug-likeness (QED) is 0.221. The van der Waals surface area contributed by atoms with Crippen molar-refractivity contribution in [1.29, 1.82) is 0 Å². The second-order valence-corrected chi connectivity index (χ2v) is 12.2. The number of hydrogen-bond donors (Lipinski definition) is 2. The Balaban J connectivity index is 1.20. The number of carbonyl (C=O) groups is 2. The van der Waals surface area contributed by atoms with Crippen molar-refractivity contribution in [2.75, 3.05) is 13.1 Å². The van der Waals surface area contributed by atoms with Gasteiger partial charge in [0.15, 0.2) is 0 Å². The molecule has 2 unspecified atom stereocenters. The van der Waals surface area contributed by atoms with Crippen molar-refractivity contribution in [3.8, 4) is 11.3 Å². The van der Waals surface area contributed by atoms with E-state index < -0.39 is 40.7 Å². The molecule has 2 N–H and O–H groups in total. The third-order valence-electron chi connectivity index (χ3n) is 8.84. The van der Waals surface area contributed by atoms with Crippen LogP contribution < -0.4 is 5.32 Å². The second-order valence-electron chi connectivity index (χ2n) is 12.2. The lowest BCUT2D eigenvalue weighted by atomic mass is 9.66. The number of likely N-dealkylation sites (tertiary alicyclic amines) is 1. The Morgan fingerprint density at radius 1 is 1.14 bits per heavy atom. The van der Waals surface area contributed by atoms with Crippen molar-refractivity contribution in [2.45, 2.75) is 57.3 Å². The Morgan fingerprint density at radius 2 is 1.89 bits per heavy atom. The summed E-state index contributed by atoms with van der Waals surface area (Å²) in [5.74, 6) is -3.28. The number of amides is 2. The summed E-state index contributed by atoms with van der Waals surface area (Å²) in [5.41, 5.74) is 0.279. The van der Waals surface area contributed by atoms with Crippen LogP contribution in [0.2, 0.25) is 0 Å². The number of fused-ring (bicyclic) bond motifs is 1. The van der Waals surface area contributed by atoms with Crippen molar-refractivity contribution in [1.82, 2.24) is 20.2 Å². The maximum atomic E-state index is 16.2. The number of rotatable bonds is 5. The minimum absolute atomic E-state index is 0.0879. The van der Waals surface area contributed by atoms with Gasteiger partial charge in [0.2, 0.25) is 11.8 Å². The lowest BCUT2D eigenvalue weighted by molar-refractivity contribution is -0.157. The molecule has 0 saturated carbocycles. The average Bonchev–Trinajstić information content (AvgIpc) is 3.47. The molecule has 44 heavy (non-hydrogen) atoms. The molecule has 230 valence electrons. The monoisotopic (exact) mass is 610 g/mol. The summed E-state index contributed by atoms with van der Waals surface area (Å²) >= 11 is 0. The van der Waals surface area contributed by atoms with Crippen molar-refractivity contribution in [3.63, 3.8) is 0 Å². The maximum Gasteiger partial charge on any atom is 0.468 e. The largest absolute Gasteiger partial charge is 0.468 e. The van der Waals surface area contributed by atoms with Gasteiger partial charge in [0.05, 0.1) is 17.0 Å². The molecule has 8 nitrogen and oxygen atoms in total. The summed E-state index contributed by atoms with van der Waals surface area (Å²) in [4.78, 5) is 34.0. The molecule has 4 heterocycles. The van der Waals surface area contributed by atoms with Gasteiger partial charge in [-0.25, -0.2) is 9.37 Å². The van der Waals surface area contributed by atoms with Crippen LogP contribution in [0.3, 0.4) is 0 Å². The number of halogens is 4. The Morgan fingerprint density at radius 3 is 2.55 bits per heavy atom. The molecule has 4 aromatic rings. The number of nitrogens with zero attached hydrogens (tertiary/aromatic N) is 3. The SMILES string of the molecule is CC1(C)CN(Cc2ccc(-c3coc(C(F)(F)F)n3)cc2)CCC1(O)c1ccc2ncc(C3CCC(=O)NC3=O)cc2c1F. The molecule has 0 spiro atoms. The molecule has 2 fully saturated rings. The Kier molecular flexibility index (Phi) is 7.32. The molecule has 2 atom stereocenters. The zero-order valence-electron chi connectivity index (χ0n) is 24.0. The fourth-order valence-corrected chi connectivity index (χ4v) is 6.34. The topological polar surface area (TPSA) is 109 Å². The van der Waals surface area contributed by atoms with Crippen LogP contribution in [0, 0.1) is 11.2 Å². The van der Waals surface area contributed by atoms with Gasteiger partial charge in [-0.05, 0) is 36.1 Å². The van der Waals surface area contributed by atoms with E-state index in [4.69, 9.17) is 0 Å². The number of nitrogens with one attached hydrogen (secondary N) is 1. The van der Waals surface area contributed by atoms with Crippen LogP contribution in [0.4, 0.5) is 17.6 Å². The molecule has 2 aliphatic heterocycles. The van der Waals surface area contributed by atoms with Gasteiger partial charge >= 0.3 is 12.1 Å². The number of aromatic nitrogens is 2. The second kappa shape index (κ2) is 10.8. The third-order valence-corrected chi connectivity index (χ3v) is 8.84. The molecular weight excluding hydrogens is 580 g/mol. The number of carbonyl (C=O) groups excluding carboxylic acids is 2. The highest BCUT2D eigenvalue weighted by Crippen LogP contribution is 2.48. The van der Waals surface area contributed by atoms with Crippen LogP contribution in [0.25, 0.3) is 22.2 Å². The maximum absolute atomic E-state index is 16.2. The molecule has 6 rings (SSSR count). The molecule has 0 bridgehead atoms. The summed E-state index contributed by atoms with van der Waals surface area (Å²) < 4.78 is 59.3. The number of benzene rings is 2. The van der Waals surface area contributed by atoms with Crippen LogP contribution in [0.5, 0.6) is 0 Å². The summed E-state index contributed by atoms with van der Waals surface area (Å²) in [6, 6.07) is 11.8. The molecule has 12 heteroatoms. The highest BCUT2D eigenvalue weighted by molar-refractivity contribution is 6.01. The first kappa shape index (κ1) is 29.9. The van der Waals surface area contributed by atoms with Crippen LogP contribution in [0.15, 0.2) is 59.3 Å². The lowest BCUT2D eigenvalue weighted by Crippen LogP contribution is -2.55. The molecular formula is C32H30F4N4O4. The van der Waals surface area contributed by atoms with E-state index in [2.05, 4.69) is 24.6 Å². The highest BCUT2D eigenvalue weighted by Gasteiger charge is 2.50. The Bertz CT molecular complexity index is 1750. The van der Waals surface area contributed by atoms with Crippen molar-refractivity contribution < 1.29 is 36.7 Å². The van der Waals surface area contributed by atoms with Gasteiger partial charge in [-0.15, -0.1) is 0 Å². The smallest absolute Gasteiger partial charge is 0.441 e. The molecule has 2 aromatic heterocycles. The minimum Gasteiger partial charge on any atom is -0.441 e. The van der Waals surface area contributed by atoms with Crippen LogP contribution in [-0.4, -0.2) is 44.9 Å². The van der Waals surface area contributed by atoms with Gasteiger partial charge in [0, 0.05) is 54.2 Å². The third kappa shape index (κ3) is 5.36. The van der Waals surface area contributed by atoms with Gasteiger partial charge < -0.3 is 9.52 Å². The predicted molar refractivity (Wildman–Crippen MR) is 151 cm³/mol. The average molecular weight is 611 g/mol. The minimum atomic E-state index is -4.66. The van der Waals surface area contributed by atoms with E-state index in [1.807, 2.05) is 13.8 Å². The number of alkyl halides is 3. The standard InChI is InChI=1S/C32H30F4N4O4/c1-30(2)17-40(15-18-3-5-19(6-4-18)25-16-44-29(38-25)32(34,35)36)12-11-31(30,43)23-8-9-24-22(27(23)33)13-20(14-37-24)21-7-10-26(41)39-28(21)42/h3-6,8-9,13-14,16,21,43H,7,10-12,15,17H2,1-2H3,(H,39,41,42). The number of imide groups is 1. The van der Waals surface area contributed by atoms with Gasteiger partial charge in [0.25, 0.3) is 0 Å². The van der Waals surface area contributed by atoms with E-state index in [9.17, 15) is 27.9 Å². The van der Waals surface area contributed by atoms with E-state index in [0.717, 1.165) is 11.8 Å². The van der Waals surface area contributed by atoms with Gasteiger partial charge in [-0.2, -0.15) is 13.2 Å². The first-order valence-corrected chi connectivity index (χ1v) is 14.2. The first-order chi connectivity index (χ1) is 20.7. The van der Waals surface area contributed by atoms with E-state index in [1.54, 1.807) is 42.5 Å².